The zero-order valence-corrected chi connectivity index (χ0v) is 6.32. The van der Waals surface area contributed by atoms with E-state index in [2.05, 4.69) is 9.85 Å². The van der Waals surface area contributed by atoms with E-state index in [1.54, 1.807) is 0 Å². The average Bonchev–Trinajstić information content (AvgIpc) is 1.61. The van der Waals surface area contributed by atoms with Crippen molar-refractivity contribution in [1.82, 2.24) is 0 Å². The largest absolute Gasteiger partial charge is 0.305 e. The van der Waals surface area contributed by atoms with Gasteiger partial charge in [0.25, 0.3) is 0 Å². The van der Waals surface area contributed by atoms with Crippen molar-refractivity contribution < 1.29 is 8.76 Å². The van der Waals surface area contributed by atoms with Crippen LogP contribution in [0.25, 0.3) is 0 Å². The first-order chi connectivity index (χ1) is 3.27. The van der Waals surface area contributed by atoms with Crippen molar-refractivity contribution in [3.05, 3.63) is 0 Å². The zero-order valence-electron chi connectivity index (χ0n) is 3.35. The zero-order chi connectivity index (χ0) is 5.70. The molecule has 0 saturated carbocycles. The smallest absolute Gasteiger partial charge is 0.165 e. The second-order valence-corrected chi connectivity index (χ2v) is 2.21. The lowest BCUT2D eigenvalue weighted by Crippen LogP contribution is -1.88. The maximum Gasteiger partial charge on any atom is 0.165 e. The van der Waals surface area contributed by atoms with Crippen molar-refractivity contribution in [2.75, 3.05) is 5.75 Å². The molecule has 4 heteroatoms. The minimum Gasteiger partial charge on any atom is -0.305 e. The van der Waals surface area contributed by atoms with Crippen LogP contribution in [-0.4, -0.2) is 14.5 Å². The first kappa shape index (κ1) is 7.40. The van der Waals surface area contributed by atoms with Gasteiger partial charge in [0.2, 0.25) is 0 Å². The first-order valence-electron chi connectivity index (χ1n) is 1.43. The second kappa shape index (κ2) is 4.56. The molecule has 0 aliphatic carbocycles. The first-order valence-corrected chi connectivity index (χ1v) is 3.79. The molecule has 1 unspecified atom stereocenters. The van der Waals surface area contributed by atoms with Crippen molar-refractivity contribution in [1.29, 1.82) is 0 Å². The highest BCUT2D eigenvalue weighted by Gasteiger charge is 1.81. The summed E-state index contributed by atoms with van der Waals surface area (Å²) in [6.45, 7) is 0. The molecule has 0 fully saturated rings. The molecular formula is C3H3IO2S. The maximum atomic E-state index is 9.76. The molecule has 2 nitrogen and oxygen atoms in total. The van der Waals surface area contributed by atoms with Crippen LogP contribution in [0, 0.1) is 9.85 Å². The summed E-state index contributed by atoms with van der Waals surface area (Å²) in [4.78, 5) is 0. The van der Waals surface area contributed by atoms with Crippen LogP contribution in [0.3, 0.4) is 0 Å². The predicted octanol–water partition coefficient (Wildman–Crippen LogP) is 0.604. The van der Waals surface area contributed by atoms with E-state index in [9.17, 15) is 4.21 Å². The molecular weight excluding hydrogens is 227 g/mol. The highest BCUT2D eigenvalue weighted by Crippen LogP contribution is 1.73. The molecule has 0 amide bonds. The van der Waals surface area contributed by atoms with E-state index in [0.717, 1.165) is 0 Å². The number of halogens is 1. The molecule has 0 aliphatic rings. The van der Waals surface area contributed by atoms with Gasteiger partial charge in [0, 0.05) is 22.6 Å². The van der Waals surface area contributed by atoms with Crippen LogP contribution in [0.5, 0.6) is 0 Å². The van der Waals surface area contributed by atoms with Gasteiger partial charge in [-0.1, -0.05) is 5.92 Å². The Balaban J connectivity index is 3.26. The van der Waals surface area contributed by atoms with Crippen LogP contribution in [-0.2, 0) is 11.1 Å². The van der Waals surface area contributed by atoms with Gasteiger partial charge < -0.3 is 4.55 Å². The Hall–Kier alpha value is 0.400. The van der Waals surface area contributed by atoms with Crippen molar-refractivity contribution in [2.45, 2.75) is 0 Å². The Labute approximate surface area is 58.1 Å². The van der Waals surface area contributed by atoms with Crippen LogP contribution in [0.1, 0.15) is 0 Å². The molecule has 0 aromatic heterocycles. The Morgan fingerprint density at radius 3 is 2.57 bits per heavy atom. The van der Waals surface area contributed by atoms with E-state index >= 15 is 0 Å². The minimum atomic E-state index is -1.74. The monoisotopic (exact) mass is 230 g/mol. The fourth-order valence-electron chi connectivity index (χ4n) is 0.0890. The van der Waals surface area contributed by atoms with E-state index in [4.69, 9.17) is 4.55 Å². The summed E-state index contributed by atoms with van der Waals surface area (Å²) in [7, 11) is 0. The normalized spacial score (nSPS) is 11.7. The number of rotatable bonds is 1. The van der Waals surface area contributed by atoms with E-state index in [-0.39, 0.29) is 5.75 Å². The summed E-state index contributed by atoms with van der Waals surface area (Å²) in [6, 6.07) is 0. The number of hydrogen-bond donors (Lipinski definition) is 1. The van der Waals surface area contributed by atoms with Gasteiger partial charge in [-0.25, -0.2) is 4.21 Å². The van der Waals surface area contributed by atoms with Crippen molar-refractivity contribution in [2.24, 2.45) is 0 Å². The van der Waals surface area contributed by atoms with Crippen molar-refractivity contribution in [3.8, 4) is 9.85 Å². The Morgan fingerprint density at radius 2 is 2.43 bits per heavy atom. The Bertz CT molecular complexity index is 123. The fraction of sp³-hybridized carbons (Fsp3) is 0.333. The average molecular weight is 230 g/mol. The standard InChI is InChI=1S/C3H3IO2S/c4-2-1-3-7(5)6/h3H2,(H,5,6). The molecule has 0 aromatic rings. The van der Waals surface area contributed by atoms with Gasteiger partial charge in [-0.05, 0) is 3.93 Å². The summed E-state index contributed by atoms with van der Waals surface area (Å²) < 4.78 is 20.3. The van der Waals surface area contributed by atoms with Crippen LogP contribution >= 0.6 is 22.6 Å². The summed E-state index contributed by atoms with van der Waals surface area (Å²) in [5.41, 5.74) is 0. The van der Waals surface area contributed by atoms with Gasteiger partial charge in [0.1, 0.15) is 5.75 Å². The molecule has 0 heterocycles. The molecule has 0 radical (unpaired) electrons. The summed E-state index contributed by atoms with van der Waals surface area (Å²) >= 11 is 0.0702. The Kier molecular flexibility index (Phi) is 4.82. The fourth-order valence-corrected chi connectivity index (χ4v) is 0.734. The molecule has 0 bridgehead atoms. The summed E-state index contributed by atoms with van der Waals surface area (Å²) in [5.74, 6) is 2.49. The molecule has 1 atom stereocenters. The van der Waals surface area contributed by atoms with E-state index in [0.29, 0.717) is 0 Å². The molecule has 0 rings (SSSR count). The van der Waals surface area contributed by atoms with Crippen molar-refractivity contribution in [3.63, 3.8) is 0 Å². The van der Waals surface area contributed by atoms with Crippen molar-refractivity contribution >= 4 is 33.7 Å². The molecule has 40 valence electrons. The lowest BCUT2D eigenvalue weighted by molar-refractivity contribution is 0.568. The number of hydrogen-bond acceptors (Lipinski definition) is 1. The topological polar surface area (TPSA) is 37.3 Å². The van der Waals surface area contributed by atoms with Gasteiger partial charge >= 0.3 is 0 Å². The lowest BCUT2D eigenvalue weighted by Gasteiger charge is -1.74. The van der Waals surface area contributed by atoms with Crippen LogP contribution in [0.15, 0.2) is 0 Å². The minimum absolute atomic E-state index is 0.0585. The van der Waals surface area contributed by atoms with E-state index < -0.39 is 11.1 Å². The predicted molar refractivity (Wildman–Crippen MR) is 37.4 cm³/mol. The van der Waals surface area contributed by atoms with E-state index in [1.807, 2.05) is 22.6 Å². The molecule has 1 N–H and O–H groups in total. The summed E-state index contributed by atoms with van der Waals surface area (Å²) in [6.07, 6.45) is 0. The second-order valence-electron chi connectivity index (χ2n) is 0.737. The van der Waals surface area contributed by atoms with E-state index in [1.165, 1.54) is 0 Å². The molecule has 0 saturated heterocycles. The highest BCUT2D eigenvalue weighted by molar-refractivity contribution is 14.1. The lowest BCUT2D eigenvalue weighted by atomic mass is 10.8. The van der Waals surface area contributed by atoms with Crippen LogP contribution in [0.4, 0.5) is 0 Å². The van der Waals surface area contributed by atoms with Gasteiger partial charge in [-0.15, -0.1) is 0 Å². The van der Waals surface area contributed by atoms with Gasteiger partial charge in [0.05, 0.1) is 0 Å². The SMILES string of the molecule is O=S(O)CC#CI. The molecule has 0 spiro atoms. The summed E-state index contributed by atoms with van der Waals surface area (Å²) in [5, 5.41) is 0. The molecule has 0 aliphatic heterocycles. The third kappa shape index (κ3) is 6.40. The molecule has 7 heavy (non-hydrogen) atoms. The van der Waals surface area contributed by atoms with Crippen LogP contribution in [0.2, 0.25) is 0 Å². The molecule has 0 aromatic carbocycles. The van der Waals surface area contributed by atoms with Gasteiger partial charge in [0.15, 0.2) is 11.1 Å². The Morgan fingerprint density at radius 1 is 1.86 bits per heavy atom. The van der Waals surface area contributed by atoms with Gasteiger partial charge in [-0.3, -0.25) is 0 Å². The van der Waals surface area contributed by atoms with Crippen LogP contribution < -0.4 is 0 Å². The third-order valence-electron chi connectivity index (χ3n) is 0.262. The highest BCUT2D eigenvalue weighted by atomic mass is 127. The third-order valence-corrected chi connectivity index (χ3v) is 1.04. The maximum absolute atomic E-state index is 9.76. The quantitative estimate of drug-likeness (QED) is 0.407. The van der Waals surface area contributed by atoms with Gasteiger partial charge in [-0.2, -0.15) is 0 Å².